The van der Waals surface area contributed by atoms with Gasteiger partial charge in [0, 0.05) is 16.6 Å². The highest BCUT2D eigenvalue weighted by Crippen LogP contribution is 2.35. The zero-order valence-corrected chi connectivity index (χ0v) is 8.47. The third-order valence-corrected chi connectivity index (χ3v) is 2.44. The van der Waals surface area contributed by atoms with Crippen LogP contribution < -0.4 is 0 Å². The average molecular weight is 229 g/mol. The number of aromatic nitrogens is 1. The Labute approximate surface area is 89.7 Å². The van der Waals surface area contributed by atoms with Gasteiger partial charge in [-0.15, -0.1) is 0 Å². The lowest BCUT2D eigenvalue weighted by Crippen LogP contribution is -2.04. The lowest BCUT2D eigenvalue weighted by Gasteiger charge is -2.06. The predicted octanol–water partition coefficient (Wildman–Crippen LogP) is 3.24. The van der Waals surface area contributed by atoms with Crippen molar-refractivity contribution in [3.8, 4) is 0 Å². The van der Waals surface area contributed by atoms with Gasteiger partial charge in [0.15, 0.2) is 0 Å². The van der Waals surface area contributed by atoms with Crippen LogP contribution in [-0.4, -0.2) is 10.1 Å². The van der Waals surface area contributed by atoms with E-state index in [0.29, 0.717) is 11.2 Å². The maximum atomic E-state index is 12.7. The summed E-state index contributed by atoms with van der Waals surface area (Å²) in [6.07, 6.45) is -5.19. The Hall–Kier alpha value is -1.49. The quantitative estimate of drug-likeness (QED) is 0.773. The molecule has 1 heterocycles. The average Bonchev–Trinajstić information content (AvgIpc) is 2.58. The van der Waals surface area contributed by atoms with Gasteiger partial charge in [-0.25, -0.2) is 0 Å². The third kappa shape index (κ3) is 1.78. The van der Waals surface area contributed by atoms with Crippen LogP contribution in [0.2, 0.25) is 0 Å². The molecule has 2 N–H and O–H groups in total. The molecule has 1 aromatic carbocycles. The van der Waals surface area contributed by atoms with E-state index in [1.165, 1.54) is 19.1 Å². The van der Waals surface area contributed by atoms with Crippen LogP contribution in [0.25, 0.3) is 10.9 Å². The van der Waals surface area contributed by atoms with Crippen LogP contribution in [0, 0.1) is 0 Å². The van der Waals surface area contributed by atoms with E-state index in [2.05, 4.69) is 4.98 Å². The fourth-order valence-electron chi connectivity index (χ4n) is 1.65. The van der Waals surface area contributed by atoms with Gasteiger partial charge < -0.3 is 10.1 Å². The van der Waals surface area contributed by atoms with Gasteiger partial charge in [-0.1, -0.05) is 6.07 Å². The smallest absolute Gasteiger partial charge is 0.387 e. The van der Waals surface area contributed by atoms with Crippen molar-refractivity contribution in [1.82, 2.24) is 4.98 Å². The lowest BCUT2D eigenvalue weighted by atomic mass is 10.1. The van der Waals surface area contributed by atoms with E-state index in [4.69, 9.17) is 0 Å². The van der Waals surface area contributed by atoms with Crippen LogP contribution in [0.4, 0.5) is 13.2 Å². The van der Waals surface area contributed by atoms with E-state index in [1.54, 1.807) is 6.07 Å². The first kappa shape index (κ1) is 11.0. The maximum absolute atomic E-state index is 12.7. The minimum absolute atomic E-state index is 0.0888. The summed E-state index contributed by atoms with van der Waals surface area (Å²) in [6.45, 7) is 1.50. The van der Waals surface area contributed by atoms with Crippen LogP contribution in [0.1, 0.15) is 24.3 Å². The highest BCUT2D eigenvalue weighted by Gasteiger charge is 2.32. The van der Waals surface area contributed by atoms with Crippen molar-refractivity contribution in [2.24, 2.45) is 0 Å². The minimum atomic E-state index is -4.38. The van der Waals surface area contributed by atoms with Crippen molar-refractivity contribution in [2.75, 3.05) is 0 Å². The number of fused-ring (bicyclic) bond motifs is 1. The molecule has 0 aliphatic rings. The summed E-state index contributed by atoms with van der Waals surface area (Å²) in [5.74, 6) is 0. The minimum Gasteiger partial charge on any atom is -0.387 e. The molecule has 0 radical (unpaired) electrons. The molecule has 0 fully saturated rings. The number of hydrogen-bond acceptors (Lipinski definition) is 1. The van der Waals surface area contributed by atoms with Crippen molar-refractivity contribution in [3.05, 3.63) is 35.5 Å². The molecular weight excluding hydrogens is 219 g/mol. The fraction of sp³-hybridized carbons (Fsp3) is 0.273. The number of aliphatic hydroxyl groups excluding tert-OH is 1. The predicted molar refractivity (Wildman–Crippen MR) is 53.9 cm³/mol. The second kappa shape index (κ2) is 3.52. The number of nitrogens with one attached hydrogen (secondary N) is 1. The van der Waals surface area contributed by atoms with Gasteiger partial charge in [0.25, 0.3) is 0 Å². The number of halogens is 3. The van der Waals surface area contributed by atoms with Crippen molar-refractivity contribution >= 4 is 10.9 Å². The second-order valence-corrected chi connectivity index (χ2v) is 3.67. The summed E-state index contributed by atoms with van der Waals surface area (Å²) in [7, 11) is 0. The van der Waals surface area contributed by atoms with E-state index in [0.717, 1.165) is 6.07 Å². The monoisotopic (exact) mass is 229 g/mol. The topological polar surface area (TPSA) is 36.0 Å². The molecule has 2 aromatic rings. The molecule has 86 valence electrons. The highest BCUT2D eigenvalue weighted by atomic mass is 19.4. The van der Waals surface area contributed by atoms with Crippen LogP contribution in [-0.2, 0) is 6.18 Å². The van der Waals surface area contributed by atoms with Crippen LogP contribution >= 0.6 is 0 Å². The molecule has 1 aromatic heterocycles. The molecule has 0 saturated carbocycles. The summed E-state index contributed by atoms with van der Waals surface area (Å²) in [5, 5.41) is 9.39. The normalized spacial score (nSPS) is 14.3. The molecule has 5 heteroatoms. The van der Waals surface area contributed by atoms with Gasteiger partial charge in [0.1, 0.15) is 0 Å². The van der Waals surface area contributed by atoms with Gasteiger partial charge in [-0.2, -0.15) is 13.2 Å². The Morgan fingerprint density at radius 2 is 2.00 bits per heavy atom. The lowest BCUT2D eigenvalue weighted by molar-refractivity contribution is -0.136. The van der Waals surface area contributed by atoms with Gasteiger partial charge in [0.2, 0.25) is 0 Å². The fourth-order valence-corrected chi connectivity index (χ4v) is 1.65. The number of hydrogen-bond donors (Lipinski definition) is 2. The van der Waals surface area contributed by atoms with Crippen LogP contribution in [0.5, 0.6) is 0 Å². The molecule has 1 atom stereocenters. The number of rotatable bonds is 1. The van der Waals surface area contributed by atoms with E-state index < -0.39 is 17.8 Å². The van der Waals surface area contributed by atoms with Crippen LogP contribution in [0.15, 0.2) is 24.3 Å². The van der Waals surface area contributed by atoms with Gasteiger partial charge in [-0.3, -0.25) is 0 Å². The second-order valence-electron chi connectivity index (χ2n) is 3.67. The third-order valence-electron chi connectivity index (χ3n) is 2.44. The zero-order chi connectivity index (χ0) is 11.9. The Bertz CT molecular complexity index is 513. The summed E-state index contributed by atoms with van der Waals surface area (Å²) in [4.78, 5) is 2.76. The molecule has 0 saturated heterocycles. The Morgan fingerprint density at radius 1 is 1.31 bits per heavy atom. The zero-order valence-electron chi connectivity index (χ0n) is 8.47. The standard InChI is InChI=1S/C11H10F3NO/c1-6(16)10-5-7-8(11(12,13)14)3-2-4-9(7)15-10/h2-6,15-16H,1H3. The van der Waals surface area contributed by atoms with Gasteiger partial charge >= 0.3 is 6.18 Å². The molecule has 0 aliphatic heterocycles. The number of benzene rings is 1. The van der Waals surface area contributed by atoms with Gasteiger partial charge in [-0.05, 0) is 25.1 Å². The molecule has 2 rings (SSSR count). The van der Waals surface area contributed by atoms with Crippen LogP contribution in [0.3, 0.4) is 0 Å². The number of H-pyrrole nitrogens is 1. The SMILES string of the molecule is CC(O)c1cc2c(C(F)(F)F)cccc2[nH]1. The highest BCUT2D eigenvalue weighted by molar-refractivity contribution is 5.84. The van der Waals surface area contributed by atoms with Crippen molar-refractivity contribution in [3.63, 3.8) is 0 Å². The first-order chi connectivity index (χ1) is 7.39. The Balaban J connectivity index is 2.68. The molecular formula is C11H10F3NO. The molecule has 16 heavy (non-hydrogen) atoms. The largest absolute Gasteiger partial charge is 0.417 e. The van der Waals surface area contributed by atoms with E-state index >= 15 is 0 Å². The molecule has 2 nitrogen and oxygen atoms in total. The Kier molecular flexibility index (Phi) is 2.42. The van der Waals surface area contributed by atoms with Crippen molar-refractivity contribution in [1.29, 1.82) is 0 Å². The van der Waals surface area contributed by atoms with Crippen molar-refractivity contribution < 1.29 is 18.3 Å². The first-order valence-electron chi connectivity index (χ1n) is 4.76. The summed E-state index contributed by atoms with van der Waals surface area (Å²) in [5.41, 5.74) is 0.0746. The van der Waals surface area contributed by atoms with E-state index in [1.807, 2.05) is 0 Å². The first-order valence-corrected chi connectivity index (χ1v) is 4.76. The van der Waals surface area contributed by atoms with Crippen molar-refractivity contribution in [2.45, 2.75) is 19.2 Å². The summed E-state index contributed by atoms with van der Waals surface area (Å²) in [6, 6.07) is 5.26. The molecule has 0 spiro atoms. The summed E-state index contributed by atoms with van der Waals surface area (Å²) < 4.78 is 38.0. The maximum Gasteiger partial charge on any atom is 0.417 e. The van der Waals surface area contributed by atoms with Gasteiger partial charge in [0.05, 0.1) is 11.7 Å². The molecule has 0 aliphatic carbocycles. The number of alkyl halides is 3. The Morgan fingerprint density at radius 3 is 2.56 bits per heavy atom. The van der Waals surface area contributed by atoms with E-state index in [-0.39, 0.29) is 5.39 Å². The molecule has 1 unspecified atom stereocenters. The molecule has 0 amide bonds. The molecule has 0 bridgehead atoms. The number of aromatic amines is 1. The van der Waals surface area contributed by atoms with E-state index in [9.17, 15) is 18.3 Å². The summed E-state index contributed by atoms with van der Waals surface area (Å²) >= 11 is 0. The number of aliphatic hydroxyl groups is 1.